The van der Waals surface area contributed by atoms with Crippen LogP contribution in [0.4, 0.5) is 5.88 Å². The van der Waals surface area contributed by atoms with Crippen molar-refractivity contribution in [3.05, 3.63) is 17.9 Å². The van der Waals surface area contributed by atoms with E-state index in [1.54, 1.807) is 0 Å². The van der Waals surface area contributed by atoms with Gasteiger partial charge in [0.1, 0.15) is 5.76 Å². The van der Waals surface area contributed by atoms with Crippen molar-refractivity contribution < 1.29 is 4.42 Å². The second kappa shape index (κ2) is 5.56. The van der Waals surface area contributed by atoms with Gasteiger partial charge in [-0.15, -0.1) is 0 Å². The van der Waals surface area contributed by atoms with Crippen molar-refractivity contribution in [1.29, 1.82) is 0 Å². The molecule has 0 radical (unpaired) electrons. The predicted octanol–water partition coefficient (Wildman–Crippen LogP) is 1.83. The lowest BCUT2D eigenvalue weighted by molar-refractivity contribution is 0.150. The first-order valence-corrected chi connectivity index (χ1v) is 6.43. The molecule has 0 spiro atoms. The van der Waals surface area contributed by atoms with E-state index in [1.807, 2.05) is 25.1 Å². The average molecular weight is 237 g/mol. The van der Waals surface area contributed by atoms with E-state index in [-0.39, 0.29) is 6.04 Å². The van der Waals surface area contributed by atoms with Gasteiger partial charge in [0.05, 0.1) is 6.04 Å². The van der Waals surface area contributed by atoms with Gasteiger partial charge in [0.15, 0.2) is 5.88 Å². The molecule has 1 aromatic heterocycles. The highest BCUT2D eigenvalue weighted by molar-refractivity contribution is 5.34. The van der Waals surface area contributed by atoms with E-state index in [4.69, 9.17) is 10.2 Å². The summed E-state index contributed by atoms with van der Waals surface area (Å²) < 4.78 is 5.86. The molecule has 17 heavy (non-hydrogen) atoms. The van der Waals surface area contributed by atoms with Crippen molar-refractivity contribution in [3.63, 3.8) is 0 Å². The number of hydrogen-bond donors (Lipinski definition) is 1. The highest BCUT2D eigenvalue weighted by Crippen LogP contribution is 2.27. The molecule has 1 aliphatic rings. The normalized spacial score (nSPS) is 19.2. The molecule has 0 aliphatic carbocycles. The number of nitrogens with two attached hydrogens (primary N) is 1. The standard InChI is InChI=1S/C13H23N3O/c1-15(2)13-7-6-12(17-13)11(10-14)16-8-4-3-5-9-16/h6-7,11H,3-5,8-10,14H2,1-2H3/t11-/m1/s1. The highest BCUT2D eigenvalue weighted by atomic mass is 16.4. The maximum absolute atomic E-state index is 5.91. The summed E-state index contributed by atoms with van der Waals surface area (Å²) in [5.41, 5.74) is 5.91. The Morgan fingerprint density at radius 1 is 1.29 bits per heavy atom. The van der Waals surface area contributed by atoms with Crippen LogP contribution in [0.2, 0.25) is 0 Å². The minimum atomic E-state index is 0.240. The Morgan fingerprint density at radius 2 is 2.00 bits per heavy atom. The lowest BCUT2D eigenvalue weighted by Crippen LogP contribution is -2.37. The summed E-state index contributed by atoms with van der Waals surface area (Å²) in [7, 11) is 3.97. The molecule has 2 N–H and O–H groups in total. The molecule has 96 valence electrons. The molecular weight excluding hydrogens is 214 g/mol. The summed E-state index contributed by atoms with van der Waals surface area (Å²) >= 11 is 0. The smallest absolute Gasteiger partial charge is 0.195 e. The van der Waals surface area contributed by atoms with Gasteiger partial charge in [-0.3, -0.25) is 4.90 Å². The fourth-order valence-electron chi connectivity index (χ4n) is 2.44. The Kier molecular flexibility index (Phi) is 4.07. The van der Waals surface area contributed by atoms with Gasteiger partial charge in [0.2, 0.25) is 0 Å². The predicted molar refractivity (Wildman–Crippen MR) is 70.3 cm³/mol. The van der Waals surface area contributed by atoms with Crippen molar-refractivity contribution in [2.24, 2.45) is 5.73 Å². The van der Waals surface area contributed by atoms with Crippen LogP contribution >= 0.6 is 0 Å². The van der Waals surface area contributed by atoms with Crippen LogP contribution in [0.5, 0.6) is 0 Å². The lowest BCUT2D eigenvalue weighted by atomic mass is 10.1. The van der Waals surface area contributed by atoms with Gasteiger partial charge in [-0.25, -0.2) is 0 Å². The third-order valence-corrected chi connectivity index (χ3v) is 3.44. The topological polar surface area (TPSA) is 45.6 Å². The van der Waals surface area contributed by atoms with E-state index in [0.29, 0.717) is 6.54 Å². The molecule has 4 nitrogen and oxygen atoms in total. The number of furan rings is 1. The number of nitrogens with zero attached hydrogens (tertiary/aromatic N) is 2. The number of likely N-dealkylation sites (tertiary alicyclic amines) is 1. The van der Waals surface area contributed by atoms with Crippen LogP contribution in [-0.2, 0) is 0 Å². The van der Waals surface area contributed by atoms with E-state index < -0.39 is 0 Å². The highest BCUT2D eigenvalue weighted by Gasteiger charge is 2.23. The Bertz CT molecular complexity index is 342. The van der Waals surface area contributed by atoms with Gasteiger partial charge in [-0.2, -0.15) is 0 Å². The van der Waals surface area contributed by atoms with Crippen LogP contribution in [-0.4, -0.2) is 38.6 Å². The molecule has 1 atom stereocenters. The van der Waals surface area contributed by atoms with Crippen molar-refractivity contribution in [2.45, 2.75) is 25.3 Å². The van der Waals surface area contributed by atoms with E-state index in [0.717, 1.165) is 24.7 Å². The van der Waals surface area contributed by atoms with Crippen LogP contribution in [0.25, 0.3) is 0 Å². The second-order valence-corrected chi connectivity index (χ2v) is 4.92. The molecule has 1 aliphatic heterocycles. The summed E-state index contributed by atoms with van der Waals surface area (Å²) in [5.74, 6) is 1.90. The van der Waals surface area contributed by atoms with Gasteiger partial charge in [0, 0.05) is 26.7 Å². The molecule has 1 aromatic rings. The third-order valence-electron chi connectivity index (χ3n) is 3.44. The van der Waals surface area contributed by atoms with E-state index in [9.17, 15) is 0 Å². The monoisotopic (exact) mass is 237 g/mol. The zero-order valence-corrected chi connectivity index (χ0v) is 10.9. The Labute approximate surface area is 103 Å². The minimum absolute atomic E-state index is 0.240. The maximum atomic E-state index is 5.91. The Hall–Kier alpha value is -1.00. The maximum Gasteiger partial charge on any atom is 0.195 e. The molecule has 0 saturated carbocycles. The molecule has 2 heterocycles. The molecule has 0 unspecified atom stereocenters. The van der Waals surface area contributed by atoms with Crippen LogP contribution < -0.4 is 10.6 Å². The zero-order valence-electron chi connectivity index (χ0n) is 10.9. The lowest BCUT2D eigenvalue weighted by Gasteiger charge is -2.32. The van der Waals surface area contributed by atoms with E-state index >= 15 is 0 Å². The number of rotatable bonds is 4. The van der Waals surface area contributed by atoms with Gasteiger partial charge in [-0.1, -0.05) is 6.42 Å². The van der Waals surface area contributed by atoms with Crippen LogP contribution in [0.1, 0.15) is 31.1 Å². The molecule has 0 bridgehead atoms. The Balaban J connectivity index is 2.10. The summed E-state index contributed by atoms with van der Waals surface area (Å²) in [6, 6.07) is 4.31. The summed E-state index contributed by atoms with van der Waals surface area (Å²) in [6.07, 6.45) is 3.89. The first-order valence-electron chi connectivity index (χ1n) is 6.43. The van der Waals surface area contributed by atoms with Gasteiger partial charge < -0.3 is 15.1 Å². The van der Waals surface area contributed by atoms with Crippen molar-refractivity contribution in [1.82, 2.24) is 4.90 Å². The molecular formula is C13H23N3O. The average Bonchev–Trinajstić information content (AvgIpc) is 2.81. The quantitative estimate of drug-likeness (QED) is 0.868. The van der Waals surface area contributed by atoms with E-state index in [2.05, 4.69) is 11.0 Å². The summed E-state index contributed by atoms with van der Waals surface area (Å²) in [6.45, 7) is 2.90. The van der Waals surface area contributed by atoms with Crippen LogP contribution in [0, 0.1) is 0 Å². The SMILES string of the molecule is CN(C)c1ccc([C@@H](CN)N2CCCCC2)o1. The Morgan fingerprint density at radius 3 is 2.53 bits per heavy atom. The summed E-state index contributed by atoms with van der Waals surface area (Å²) in [5, 5.41) is 0. The van der Waals surface area contributed by atoms with Gasteiger partial charge in [-0.05, 0) is 32.0 Å². The van der Waals surface area contributed by atoms with Crippen LogP contribution in [0.3, 0.4) is 0 Å². The largest absolute Gasteiger partial charge is 0.444 e. The van der Waals surface area contributed by atoms with Gasteiger partial charge >= 0.3 is 0 Å². The number of piperidine rings is 1. The van der Waals surface area contributed by atoms with Gasteiger partial charge in [0.25, 0.3) is 0 Å². The van der Waals surface area contributed by atoms with E-state index in [1.165, 1.54) is 19.3 Å². The van der Waals surface area contributed by atoms with Crippen molar-refractivity contribution in [3.8, 4) is 0 Å². The zero-order chi connectivity index (χ0) is 12.3. The number of anilines is 1. The summed E-state index contributed by atoms with van der Waals surface area (Å²) in [4.78, 5) is 4.43. The fraction of sp³-hybridized carbons (Fsp3) is 0.692. The first kappa shape index (κ1) is 12.5. The van der Waals surface area contributed by atoms with Crippen molar-refractivity contribution >= 4 is 5.88 Å². The molecule has 0 amide bonds. The van der Waals surface area contributed by atoms with Crippen LogP contribution in [0.15, 0.2) is 16.5 Å². The molecule has 4 heteroatoms. The fourth-order valence-corrected chi connectivity index (χ4v) is 2.44. The molecule has 1 saturated heterocycles. The minimum Gasteiger partial charge on any atom is -0.444 e. The second-order valence-electron chi connectivity index (χ2n) is 4.92. The molecule has 0 aromatic carbocycles. The molecule has 2 rings (SSSR count). The first-order chi connectivity index (χ1) is 8.22. The van der Waals surface area contributed by atoms with Crippen molar-refractivity contribution in [2.75, 3.05) is 38.6 Å². The molecule has 1 fully saturated rings. The third kappa shape index (κ3) is 2.82. The number of hydrogen-bond acceptors (Lipinski definition) is 4.